The Balaban J connectivity index is 1.71. The lowest BCUT2D eigenvalue weighted by atomic mass is 9.75. The van der Waals surface area contributed by atoms with Crippen molar-refractivity contribution in [1.82, 2.24) is 14.7 Å². The maximum atomic E-state index is 10.2. The molecule has 2 aromatic rings. The van der Waals surface area contributed by atoms with Gasteiger partial charge in [0.15, 0.2) is 0 Å². The number of aryl methyl sites for hydroxylation is 1. The molecule has 25 heavy (non-hydrogen) atoms. The maximum Gasteiger partial charge on any atom is 0.0638 e. The zero-order valence-electron chi connectivity index (χ0n) is 15.8. The summed E-state index contributed by atoms with van der Waals surface area (Å²) in [6, 6.07) is 11.0. The molecule has 0 spiro atoms. The minimum atomic E-state index is -0.0262. The van der Waals surface area contributed by atoms with E-state index in [0.717, 1.165) is 44.6 Å². The topological polar surface area (TPSA) is 41.3 Å². The van der Waals surface area contributed by atoms with Gasteiger partial charge in [0.1, 0.15) is 0 Å². The van der Waals surface area contributed by atoms with Crippen molar-refractivity contribution in [2.24, 2.45) is 5.41 Å². The van der Waals surface area contributed by atoms with Crippen LogP contribution in [0.5, 0.6) is 0 Å². The quantitative estimate of drug-likeness (QED) is 0.873. The third-order valence-electron chi connectivity index (χ3n) is 5.44. The molecule has 1 unspecified atom stereocenters. The summed E-state index contributed by atoms with van der Waals surface area (Å²) in [5.41, 5.74) is 3.72. The van der Waals surface area contributed by atoms with E-state index in [0.29, 0.717) is 6.04 Å². The Kier molecular flexibility index (Phi) is 5.60. The number of aromatic nitrogens is 2. The van der Waals surface area contributed by atoms with Crippen LogP contribution in [0.25, 0.3) is 0 Å². The summed E-state index contributed by atoms with van der Waals surface area (Å²) in [7, 11) is 0. The lowest BCUT2D eigenvalue weighted by Gasteiger charge is -2.42. The smallest absolute Gasteiger partial charge is 0.0638 e. The highest BCUT2D eigenvalue weighted by Crippen LogP contribution is 2.34. The van der Waals surface area contributed by atoms with Gasteiger partial charge in [-0.1, -0.05) is 30.3 Å². The van der Waals surface area contributed by atoms with E-state index in [1.54, 1.807) is 0 Å². The molecule has 0 amide bonds. The van der Waals surface area contributed by atoms with E-state index in [9.17, 15) is 5.11 Å². The molecule has 2 heterocycles. The van der Waals surface area contributed by atoms with E-state index < -0.39 is 0 Å². The number of hydrogen-bond donors (Lipinski definition) is 1. The van der Waals surface area contributed by atoms with E-state index in [1.807, 2.05) is 0 Å². The normalized spacial score (nSPS) is 21.8. The summed E-state index contributed by atoms with van der Waals surface area (Å²) >= 11 is 0. The minimum absolute atomic E-state index is 0.0262. The zero-order chi connectivity index (χ0) is 17.9. The number of benzene rings is 1. The lowest BCUT2D eigenvalue weighted by molar-refractivity contribution is 0.0288. The molecule has 1 aliphatic rings. The van der Waals surface area contributed by atoms with Crippen LogP contribution < -0.4 is 0 Å². The lowest BCUT2D eigenvalue weighted by Crippen LogP contribution is -2.46. The van der Waals surface area contributed by atoms with E-state index in [4.69, 9.17) is 0 Å². The third-order valence-corrected chi connectivity index (χ3v) is 5.44. The number of aliphatic hydroxyl groups is 1. The molecule has 136 valence electrons. The third kappa shape index (κ3) is 4.31. The Bertz CT molecular complexity index is 680. The van der Waals surface area contributed by atoms with Crippen LogP contribution >= 0.6 is 0 Å². The first-order valence-corrected chi connectivity index (χ1v) is 9.43. The van der Waals surface area contributed by atoms with Gasteiger partial charge >= 0.3 is 0 Å². The SMILES string of the molecule is Cc1nn(C(C)C)cc1CN1CCCC(CO)(Cc2ccccc2)C1. The van der Waals surface area contributed by atoms with E-state index in [1.165, 1.54) is 11.1 Å². The number of nitrogens with zero attached hydrogens (tertiary/aromatic N) is 3. The fourth-order valence-electron chi connectivity index (χ4n) is 3.98. The number of hydrogen-bond acceptors (Lipinski definition) is 3. The standard InChI is InChI=1S/C21H31N3O/c1-17(2)24-14-20(18(3)22-24)13-23-11-7-10-21(15-23,16-25)12-19-8-5-4-6-9-19/h4-6,8-9,14,17,25H,7,10-13,15-16H2,1-3H3. The highest BCUT2D eigenvalue weighted by molar-refractivity contribution is 5.18. The molecule has 1 aliphatic heterocycles. The summed E-state index contributed by atoms with van der Waals surface area (Å²) in [6.45, 7) is 9.65. The molecule has 1 fully saturated rings. The van der Waals surface area contributed by atoms with Crippen LogP contribution in [0.4, 0.5) is 0 Å². The molecule has 4 heteroatoms. The summed E-state index contributed by atoms with van der Waals surface area (Å²) in [4.78, 5) is 2.50. The van der Waals surface area contributed by atoms with Gasteiger partial charge in [0.2, 0.25) is 0 Å². The number of aliphatic hydroxyl groups excluding tert-OH is 1. The molecule has 3 rings (SSSR count). The van der Waals surface area contributed by atoms with Gasteiger partial charge in [0, 0.05) is 36.3 Å². The van der Waals surface area contributed by atoms with Crippen LogP contribution in [-0.4, -0.2) is 39.5 Å². The molecule has 0 bridgehead atoms. The molecule has 0 saturated carbocycles. The second kappa shape index (κ2) is 7.71. The van der Waals surface area contributed by atoms with Gasteiger partial charge in [0.25, 0.3) is 0 Å². The molecule has 0 radical (unpaired) electrons. The minimum Gasteiger partial charge on any atom is -0.396 e. The van der Waals surface area contributed by atoms with Crippen molar-refractivity contribution in [3.63, 3.8) is 0 Å². The molecular formula is C21H31N3O. The highest BCUT2D eigenvalue weighted by Gasteiger charge is 2.35. The molecule has 4 nitrogen and oxygen atoms in total. The molecule has 1 aromatic carbocycles. The summed E-state index contributed by atoms with van der Waals surface area (Å²) in [5, 5.41) is 14.8. The zero-order valence-corrected chi connectivity index (χ0v) is 15.8. The highest BCUT2D eigenvalue weighted by atomic mass is 16.3. The monoisotopic (exact) mass is 341 g/mol. The largest absolute Gasteiger partial charge is 0.396 e. The van der Waals surface area contributed by atoms with Gasteiger partial charge in [-0.2, -0.15) is 5.10 Å². The molecular weight excluding hydrogens is 310 g/mol. The van der Waals surface area contributed by atoms with Crippen LogP contribution in [0.3, 0.4) is 0 Å². The van der Waals surface area contributed by atoms with E-state index >= 15 is 0 Å². The van der Waals surface area contributed by atoms with Gasteiger partial charge < -0.3 is 5.11 Å². The number of rotatable bonds is 6. The van der Waals surface area contributed by atoms with Crippen LogP contribution in [0, 0.1) is 12.3 Å². The van der Waals surface area contributed by atoms with Crippen molar-refractivity contribution in [3.8, 4) is 0 Å². The van der Waals surface area contributed by atoms with Crippen LogP contribution in [0.2, 0.25) is 0 Å². The Labute approximate surface area is 151 Å². The van der Waals surface area contributed by atoms with Crippen molar-refractivity contribution < 1.29 is 5.11 Å². The predicted molar refractivity (Wildman–Crippen MR) is 102 cm³/mol. The van der Waals surface area contributed by atoms with Crippen LogP contribution in [0.15, 0.2) is 36.5 Å². The maximum absolute atomic E-state index is 10.2. The fraction of sp³-hybridized carbons (Fsp3) is 0.571. The molecule has 1 N–H and O–H groups in total. The second-order valence-electron chi connectivity index (χ2n) is 7.95. The molecule has 1 saturated heterocycles. The van der Waals surface area contributed by atoms with Crippen molar-refractivity contribution in [1.29, 1.82) is 0 Å². The number of piperidine rings is 1. The van der Waals surface area contributed by atoms with Crippen molar-refractivity contribution in [3.05, 3.63) is 53.3 Å². The Morgan fingerprint density at radius 1 is 1.24 bits per heavy atom. The van der Waals surface area contributed by atoms with Crippen molar-refractivity contribution in [2.75, 3.05) is 19.7 Å². The molecule has 1 atom stereocenters. The van der Waals surface area contributed by atoms with Gasteiger partial charge in [-0.25, -0.2) is 0 Å². The summed E-state index contributed by atoms with van der Waals surface area (Å²) < 4.78 is 2.05. The average Bonchev–Trinajstić information content (AvgIpc) is 2.97. The van der Waals surface area contributed by atoms with Gasteiger partial charge in [-0.3, -0.25) is 9.58 Å². The Morgan fingerprint density at radius 2 is 2.00 bits per heavy atom. The fourth-order valence-corrected chi connectivity index (χ4v) is 3.98. The van der Waals surface area contributed by atoms with E-state index in [-0.39, 0.29) is 12.0 Å². The first kappa shape index (κ1) is 18.2. The first-order chi connectivity index (χ1) is 12.0. The summed E-state index contributed by atoms with van der Waals surface area (Å²) in [5.74, 6) is 0. The molecule has 1 aromatic heterocycles. The van der Waals surface area contributed by atoms with Crippen LogP contribution in [0.1, 0.15) is 49.6 Å². The Morgan fingerprint density at radius 3 is 2.64 bits per heavy atom. The van der Waals surface area contributed by atoms with Crippen LogP contribution in [-0.2, 0) is 13.0 Å². The number of likely N-dealkylation sites (tertiary alicyclic amines) is 1. The summed E-state index contributed by atoms with van der Waals surface area (Å²) in [6.07, 6.45) is 5.38. The van der Waals surface area contributed by atoms with Crippen molar-refractivity contribution in [2.45, 2.75) is 52.6 Å². The van der Waals surface area contributed by atoms with E-state index in [2.05, 4.69) is 72.0 Å². The van der Waals surface area contributed by atoms with Gasteiger partial charge in [0.05, 0.1) is 12.3 Å². The van der Waals surface area contributed by atoms with Gasteiger partial charge in [-0.15, -0.1) is 0 Å². The second-order valence-corrected chi connectivity index (χ2v) is 7.95. The predicted octanol–water partition coefficient (Wildman–Crippen LogP) is 3.59. The molecule has 0 aliphatic carbocycles. The van der Waals surface area contributed by atoms with Gasteiger partial charge in [-0.05, 0) is 52.1 Å². The average molecular weight is 341 g/mol. The van der Waals surface area contributed by atoms with Crippen molar-refractivity contribution >= 4 is 0 Å². The first-order valence-electron chi connectivity index (χ1n) is 9.43. The Hall–Kier alpha value is -1.65.